The number of azo groups is 2. The summed E-state index contributed by atoms with van der Waals surface area (Å²) >= 11 is 0. The van der Waals surface area contributed by atoms with Crippen molar-refractivity contribution in [2.75, 3.05) is 0 Å². The van der Waals surface area contributed by atoms with Crippen molar-refractivity contribution < 1.29 is 0 Å². The van der Waals surface area contributed by atoms with Crippen molar-refractivity contribution in [3.8, 4) is 0 Å². The molecule has 160 valence electrons. The number of nitrogens with zero attached hydrogens (tertiary/aromatic N) is 4. The van der Waals surface area contributed by atoms with Crippen LogP contribution in [0.25, 0.3) is 0 Å². The number of aryl methyl sites for hydroxylation is 4. The molecule has 0 amide bonds. The first-order chi connectivity index (χ1) is 15.5. The van der Waals surface area contributed by atoms with Crippen LogP contribution in [0.1, 0.15) is 22.3 Å². The van der Waals surface area contributed by atoms with Gasteiger partial charge in [0.05, 0.1) is 22.7 Å². The Labute approximate surface area is 190 Å². The molecule has 4 nitrogen and oxygen atoms in total. The predicted molar refractivity (Wildman–Crippen MR) is 133 cm³/mol. The molecule has 4 rings (SSSR count). The molecule has 0 aliphatic heterocycles. The molecule has 0 aliphatic rings. The van der Waals surface area contributed by atoms with Crippen molar-refractivity contribution in [2.24, 2.45) is 20.5 Å². The quantitative estimate of drug-likeness (QED) is 0.295. The van der Waals surface area contributed by atoms with Gasteiger partial charge in [-0.05, 0) is 76.2 Å². The largest absolute Gasteiger partial charge is 0.151 e. The van der Waals surface area contributed by atoms with E-state index < -0.39 is 0 Å². The lowest BCUT2D eigenvalue weighted by Crippen LogP contribution is -1.69. The molecule has 0 aliphatic carbocycles. The Kier molecular flexibility index (Phi) is 8.15. The van der Waals surface area contributed by atoms with Gasteiger partial charge in [-0.3, -0.25) is 0 Å². The van der Waals surface area contributed by atoms with Gasteiger partial charge in [-0.2, -0.15) is 20.5 Å². The van der Waals surface area contributed by atoms with Crippen LogP contribution in [-0.4, -0.2) is 0 Å². The summed E-state index contributed by atoms with van der Waals surface area (Å²) in [4.78, 5) is 0. The zero-order chi connectivity index (χ0) is 22.8. The molecular formula is C28H28N4. The van der Waals surface area contributed by atoms with Crippen LogP contribution in [-0.2, 0) is 0 Å². The van der Waals surface area contributed by atoms with E-state index in [0.717, 1.165) is 22.7 Å². The molecule has 0 N–H and O–H groups in total. The van der Waals surface area contributed by atoms with Gasteiger partial charge in [0.1, 0.15) is 0 Å². The molecular weight excluding hydrogens is 392 g/mol. The maximum atomic E-state index is 4.17. The molecule has 0 bridgehead atoms. The maximum Gasteiger partial charge on any atom is 0.0857 e. The number of benzene rings is 4. The van der Waals surface area contributed by atoms with Gasteiger partial charge in [0.15, 0.2) is 0 Å². The lowest BCUT2D eigenvalue weighted by atomic mass is 10.2. The van der Waals surface area contributed by atoms with Gasteiger partial charge in [-0.15, -0.1) is 0 Å². The topological polar surface area (TPSA) is 49.4 Å². The molecule has 0 unspecified atom stereocenters. The Balaban J connectivity index is 0.000000181. The molecule has 0 fully saturated rings. The summed E-state index contributed by atoms with van der Waals surface area (Å²) in [6.45, 7) is 8.23. The first-order valence-corrected chi connectivity index (χ1v) is 10.6. The highest BCUT2D eigenvalue weighted by molar-refractivity contribution is 5.42. The van der Waals surface area contributed by atoms with Crippen molar-refractivity contribution >= 4 is 22.7 Å². The Bertz CT molecular complexity index is 964. The minimum atomic E-state index is 0.881. The first kappa shape index (κ1) is 22.8. The average molecular weight is 421 g/mol. The lowest BCUT2D eigenvalue weighted by molar-refractivity contribution is 1.22. The van der Waals surface area contributed by atoms with Crippen LogP contribution in [0.3, 0.4) is 0 Å². The Morgan fingerprint density at radius 1 is 0.281 bits per heavy atom. The summed E-state index contributed by atoms with van der Waals surface area (Å²) in [5, 5.41) is 16.7. The third kappa shape index (κ3) is 7.73. The van der Waals surface area contributed by atoms with Crippen LogP contribution in [0.2, 0.25) is 0 Å². The second kappa shape index (κ2) is 11.5. The van der Waals surface area contributed by atoms with Gasteiger partial charge in [-0.25, -0.2) is 0 Å². The highest BCUT2D eigenvalue weighted by Gasteiger charge is 1.92. The second-order valence-electron chi connectivity index (χ2n) is 7.74. The van der Waals surface area contributed by atoms with E-state index in [-0.39, 0.29) is 0 Å². The smallest absolute Gasteiger partial charge is 0.0857 e. The Morgan fingerprint density at radius 3 is 0.594 bits per heavy atom. The van der Waals surface area contributed by atoms with E-state index >= 15 is 0 Å². The van der Waals surface area contributed by atoms with E-state index in [0.29, 0.717) is 0 Å². The van der Waals surface area contributed by atoms with E-state index in [9.17, 15) is 0 Å². The van der Waals surface area contributed by atoms with Crippen molar-refractivity contribution in [3.05, 3.63) is 119 Å². The Morgan fingerprint density at radius 2 is 0.438 bits per heavy atom. The fourth-order valence-corrected chi connectivity index (χ4v) is 2.68. The standard InChI is InChI=1S/2C14H14N2/c2*1-11-3-7-13(8-4-11)15-16-14-9-5-12(2)6-10-14/h2*3-10H,1-2H3. The average Bonchev–Trinajstić information content (AvgIpc) is 2.81. The molecule has 0 radical (unpaired) electrons. The van der Waals surface area contributed by atoms with E-state index in [1.165, 1.54) is 22.3 Å². The van der Waals surface area contributed by atoms with Gasteiger partial charge >= 0.3 is 0 Å². The van der Waals surface area contributed by atoms with E-state index in [1.54, 1.807) is 0 Å². The van der Waals surface area contributed by atoms with Crippen molar-refractivity contribution in [3.63, 3.8) is 0 Å². The predicted octanol–water partition coefficient (Wildman–Crippen LogP) is 9.44. The molecule has 32 heavy (non-hydrogen) atoms. The van der Waals surface area contributed by atoms with Crippen molar-refractivity contribution in [2.45, 2.75) is 27.7 Å². The van der Waals surface area contributed by atoms with Crippen LogP contribution in [0, 0.1) is 27.7 Å². The van der Waals surface area contributed by atoms with E-state index in [4.69, 9.17) is 0 Å². The van der Waals surface area contributed by atoms with Gasteiger partial charge < -0.3 is 0 Å². The van der Waals surface area contributed by atoms with Crippen LogP contribution in [0.4, 0.5) is 22.7 Å². The minimum Gasteiger partial charge on any atom is -0.151 e. The van der Waals surface area contributed by atoms with E-state index in [2.05, 4.69) is 48.2 Å². The minimum absolute atomic E-state index is 0.881. The van der Waals surface area contributed by atoms with Gasteiger partial charge in [0.2, 0.25) is 0 Å². The fraction of sp³-hybridized carbons (Fsp3) is 0.143. The number of hydrogen-bond donors (Lipinski definition) is 0. The molecule has 0 spiro atoms. The van der Waals surface area contributed by atoms with Crippen molar-refractivity contribution in [1.82, 2.24) is 0 Å². The fourth-order valence-electron chi connectivity index (χ4n) is 2.68. The summed E-state index contributed by atoms with van der Waals surface area (Å²) in [6, 6.07) is 32.0. The SMILES string of the molecule is Cc1ccc(N=Nc2ccc(C)cc2)cc1.Cc1ccc(N=Nc2ccc(C)cc2)cc1. The number of hydrogen-bond acceptors (Lipinski definition) is 4. The number of rotatable bonds is 4. The molecule has 0 saturated heterocycles. The molecule has 4 aromatic rings. The third-order valence-corrected chi connectivity index (χ3v) is 4.70. The zero-order valence-electron chi connectivity index (χ0n) is 19.0. The van der Waals surface area contributed by atoms with Gasteiger partial charge in [0, 0.05) is 0 Å². The van der Waals surface area contributed by atoms with Gasteiger partial charge in [-0.1, -0.05) is 70.8 Å². The monoisotopic (exact) mass is 420 g/mol. The summed E-state index contributed by atoms with van der Waals surface area (Å²) in [5.74, 6) is 0. The highest BCUT2D eigenvalue weighted by atomic mass is 15.1. The summed E-state index contributed by atoms with van der Waals surface area (Å²) < 4.78 is 0. The second-order valence-corrected chi connectivity index (χ2v) is 7.74. The van der Waals surface area contributed by atoms with Crippen LogP contribution < -0.4 is 0 Å². The Hall–Kier alpha value is -3.92. The zero-order valence-corrected chi connectivity index (χ0v) is 19.0. The van der Waals surface area contributed by atoms with Crippen LogP contribution in [0.5, 0.6) is 0 Å². The third-order valence-electron chi connectivity index (χ3n) is 4.70. The molecule has 0 aromatic heterocycles. The molecule has 0 atom stereocenters. The lowest BCUT2D eigenvalue weighted by Gasteiger charge is -1.95. The van der Waals surface area contributed by atoms with E-state index in [1.807, 2.05) is 97.1 Å². The molecule has 0 heterocycles. The molecule has 4 aromatic carbocycles. The normalized spacial score (nSPS) is 10.9. The summed E-state index contributed by atoms with van der Waals surface area (Å²) in [5.41, 5.74) is 8.45. The van der Waals surface area contributed by atoms with Crippen LogP contribution in [0.15, 0.2) is 118 Å². The van der Waals surface area contributed by atoms with Crippen LogP contribution >= 0.6 is 0 Å². The maximum absolute atomic E-state index is 4.17. The molecule has 0 saturated carbocycles. The van der Waals surface area contributed by atoms with Crippen molar-refractivity contribution in [1.29, 1.82) is 0 Å². The highest BCUT2D eigenvalue weighted by Crippen LogP contribution is 2.20. The summed E-state index contributed by atoms with van der Waals surface area (Å²) in [7, 11) is 0. The summed E-state index contributed by atoms with van der Waals surface area (Å²) in [6.07, 6.45) is 0. The molecule has 4 heteroatoms. The van der Waals surface area contributed by atoms with Gasteiger partial charge in [0.25, 0.3) is 0 Å². The first-order valence-electron chi connectivity index (χ1n) is 10.6.